The van der Waals surface area contributed by atoms with Gasteiger partial charge in [-0.3, -0.25) is 4.98 Å². The van der Waals surface area contributed by atoms with Gasteiger partial charge >= 0.3 is 6.03 Å². The molecular formula is C13H12N4O2. The Bertz CT molecular complexity index is 567. The average molecular weight is 256 g/mol. The summed E-state index contributed by atoms with van der Waals surface area (Å²) in [6, 6.07) is 10.1. The van der Waals surface area contributed by atoms with E-state index in [1.807, 2.05) is 12.1 Å². The number of amides is 2. The van der Waals surface area contributed by atoms with E-state index in [1.54, 1.807) is 36.7 Å². The highest BCUT2D eigenvalue weighted by molar-refractivity contribution is 5.81. The molecule has 0 saturated heterocycles. The molecule has 0 atom stereocenters. The van der Waals surface area contributed by atoms with Crippen molar-refractivity contribution in [2.75, 3.05) is 0 Å². The maximum absolute atomic E-state index is 10.4. The summed E-state index contributed by atoms with van der Waals surface area (Å²) in [5.41, 5.74) is 7.81. The van der Waals surface area contributed by atoms with Gasteiger partial charge in [-0.15, -0.1) is 0 Å². The number of nitrogens with zero attached hydrogens (tertiary/aromatic N) is 2. The van der Waals surface area contributed by atoms with Gasteiger partial charge in [-0.1, -0.05) is 0 Å². The third kappa shape index (κ3) is 4.12. The minimum atomic E-state index is -0.700. The molecule has 2 rings (SSSR count). The Labute approximate surface area is 109 Å². The zero-order chi connectivity index (χ0) is 13.5. The number of urea groups is 1. The fourth-order valence-electron chi connectivity index (χ4n) is 1.33. The number of carbonyl (C=O) groups is 1. The molecule has 6 heteroatoms. The number of primary amides is 1. The number of hydrogen-bond donors (Lipinski definition) is 2. The van der Waals surface area contributed by atoms with E-state index in [4.69, 9.17) is 10.5 Å². The van der Waals surface area contributed by atoms with Crippen molar-refractivity contribution in [3.63, 3.8) is 0 Å². The number of hydrazone groups is 1. The molecule has 1 aromatic carbocycles. The molecule has 0 radical (unpaired) electrons. The van der Waals surface area contributed by atoms with E-state index in [0.29, 0.717) is 11.5 Å². The topological polar surface area (TPSA) is 89.6 Å². The molecular weight excluding hydrogens is 244 g/mol. The molecule has 96 valence electrons. The van der Waals surface area contributed by atoms with Crippen molar-refractivity contribution in [2.45, 2.75) is 0 Å². The molecule has 0 aliphatic heterocycles. The van der Waals surface area contributed by atoms with Crippen LogP contribution in [-0.4, -0.2) is 17.2 Å². The van der Waals surface area contributed by atoms with Crippen molar-refractivity contribution >= 4 is 12.2 Å². The molecule has 19 heavy (non-hydrogen) atoms. The van der Waals surface area contributed by atoms with Gasteiger partial charge < -0.3 is 10.5 Å². The molecule has 0 aliphatic rings. The maximum Gasteiger partial charge on any atom is 0.332 e. The highest BCUT2D eigenvalue weighted by Gasteiger charge is 1.96. The average Bonchev–Trinajstić information content (AvgIpc) is 2.42. The molecule has 0 aliphatic carbocycles. The molecule has 0 fully saturated rings. The summed E-state index contributed by atoms with van der Waals surface area (Å²) >= 11 is 0. The molecule has 3 N–H and O–H groups in total. The van der Waals surface area contributed by atoms with Crippen molar-refractivity contribution in [3.8, 4) is 11.5 Å². The Kier molecular flexibility index (Phi) is 4.07. The Morgan fingerprint density at radius 1 is 1.16 bits per heavy atom. The Morgan fingerprint density at radius 3 is 2.42 bits per heavy atom. The number of hydrogen-bond acceptors (Lipinski definition) is 4. The first-order valence-electron chi connectivity index (χ1n) is 5.50. The molecule has 0 unspecified atom stereocenters. The zero-order valence-corrected chi connectivity index (χ0v) is 9.98. The Hall–Kier alpha value is -2.89. The van der Waals surface area contributed by atoms with Crippen LogP contribution >= 0.6 is 0 Å². The number of nitrogens with two attached hydrogens (primary N) is 1. The van der Waals surface area contributed by atoms with E-state index in [9.17, 15) is 4.79 Å². The minimum Gasteiger partial charge on any atom is -0.457 e. The monoisotopic (exact) mass is 256 g/mol. The lowest BCUT2D eigenvalue weighted by Gasteiger charge is -2.04. The van der Waals surface area contributed by atoms with E-state index in [2.05, 4.69) is 15.5 Å². The normalized spacial score (nSPS) is 10.3. The van der Waals surface area contributed by atoms with Gasteiger partial charge in [-0.05, 0) is 42.0 Å². The van der Waals surface area contributed by atoms with E-state index >= 15 is 0 Å². The van der Waals surface area contributed by atoms with Crippen molar-refractivity contribution in [3.05, 3.63) is 54.4 Å². The van der Waals surface area contributed by atoms with Crippen LogP contribution in [0, 0.1) is 0 Å². The number of aromatic nitrogens is 1. The number of carbonyl (C=O) groups excluding carboxylic acids is 1. The lowest BCUT2D eigenvalue weighted by atomic mass is 10.2. The first-order valence-corrected chi connectivity index (χ1v) is 5.50. The van der Waals surface area contributed by atoms with Crippen molar-refractivity contribution in [2.24, 2.45) is 10.8 Å². The second kappa shape index (κ2) is 6.15. The van der Waals surface area contributed by atoms with Crippen LogP contribution in [0.5, 0.6) is 11.5 Å². The summed E-state index contributed by atoms with van der Waals surface area (Å²) < 4.78 is 5.60. The third-order valence-electron chi connectivity index (χ3n) is 2.15. The molecule has 0 bridgehead atoms. The highest BCUT2D eigenvalue weighted by atomic mass is 16.5. The SMILES string of the molecule is NC(=O)N/N=C\c1ccc(Oc2ccncc2)cc1. The van der Waals surface area contributed by atoms with Crippen LogP contribution in [0.2, 0.25) is 0 Å². The van der Waals surface area contributed by atoms with E-state index in [1.165, 1.54) is 6.21 Å². The molecule has 0 saturated carbocycles. The summed E-state index contributed by atoms with van der Waals surface area (Å²) in [5, 5.41) is 3.66. The molecule has 1 aromatic heterocycles. The lowest BCUT2D eigenvalue weighted by molar-refractivity contribution is 0.249. The summed E-state index contributed by atoms with van der Waals surface area (Å²) in [4.78, 5) is 14.3. The minimum absolute atomic E-state index is 0.700. The summed E-state index contributed by atoms with van der Waals surface area (Å²) in [6.45, 7) is 0. The van der Waals surface area contributed by atoms with Gasteiger partial charge in [0.1, 0.15) is 11.5 Å². The quantitative estimate of drug-likeness (QED) is 0.646. The lowest BCUT2D eigenvalue weighted by Crippen LogP contribution is -2.24. The molecule has 1 heterocycles. The summed E-state index contributed by atoms with van der Waals surface area (Å²) in [6.07, 6.45) is 4.80. The summed E-state index contributed by atoms with van der Waals surface area (Å²) in [7, 11) is 0. The van der Waals surface area contributed by atoms with Crippen LogP contribution in [0.1, 0.15) is 5.56 Å². The third-order valence-corrected chi connectivity index (χ3v) is 2.15. The van der Waals surface area contributed by atoms with E-state index in [0.717, 1.165) is 5.56 Å². The van der Waals surface area contributed by atoms with Gasteiger partial charge in [0.2, 0.25) is 0 Å². The van der Waals surface area contributed by atoms with Crippen LogP contribution in [0.25, 0.3) is 0 Å². The van der Waals surface area contributed by atoms with Gasteiger partial charge in [-0.2, -0.15) is 5.10 Å². The number of ether oxygens (including phenoxy) is 1. The second-order valence-corrected chi connectivity index (χ2v) is 3.59. The first kappa shape index (κ1) is 12.6. The Balaban J connectivity index is 1.98. The van der Waals surface area contributed by atoms with Crippen LogP contribution in [-0.2, 0) is 0 Å². The van der Waals surface area contributed by atoms with Crippen LogP contribution in [0.15, 0.2) is 53.9 Å². The smallest absolute Gasteiger partial charge is 0.332 e. The van der Waals surface area contributed by atoms with Crippen molar-refractivity contribution in [1.29, 1.82) is 0 Å². The molecule has 2 aromatic rings. The number of nitrogens with one attached hydrogen (secondary N) is 1. The molecule has 2 amide bonds. The van der Waals surface area contributed by atoms with Crippen LogP contribution in [0.3, 0.4) is 0 Å². The zero-order valence-electron chi connectivity index (χ0n) is 9.98. The largest absolute Gasteiger partial charge is 0.457 e. The standard InChI is InChI=1S/C13H12N4O2/c14-13(18)17-16-9-10-1-3-11(4-2-10)19-12-5-7-15-8-6-12/h1-9H,(H3,14,17,18)/b16-9-. The van der Waals surface area contributed by atoms with E-state index in [-0.39, 0.29) is 0 Å². The predicted octanol–water partition coefficient (Wildman–Crippen LogP) is 1.88. The fourth-order valence-corrected chi connectivity index (χ4v) is 1.33. The van der Waals surface area contributed by atoms with Crippen molar-refractivity contribution in [1.82, 2.24) is 10.4 Å². The van der Waals surface area contributed by atoms with Gasteiger partial charge in [0, 0.05) is 12.4 Å². The van der Waals surface area contributed by atoms with Gasteiger partial charge in [-0.25, -0.2) is 10.2 Å². The van der Waals surface area contributed by atoms with Gasteiger partial charge in [0.25, 0.3) is 0 Å². The van der Waals surface area contributed by atoms with E-state index < -0.39 is 6.03 Å². The molecule has 0 spiro atoms. The summed E-state index contributed by atoms with van der Waals surface area (Å²) in [5.74, 6) is 1.41. The van der Waals surface area contributed by atoms with Gasteiger partial charge in [0.15, 0.2) is 0 Å². The van der Waals surface area contributed by atoms with Crippen LogP contribution < -0.4 is 15.9 Å². The number of pyridine rings is 1. The maximum atomic E-state index is 10.4. The number of benzene rings is 1. The van der Waals surface area contributed by atoms with Gasteiger partial charge in [0.05, 0.1) is 6.21 Å². The highest BCUT2D eigenvalue weighted by Crippen LogP contribution is 2.20. The predicted molar refractivity (Wildman–Crippen MR) is 71.1 cm³/mol. The molecule has 6 nitrogen and oxygen atoms in total. The van der Waals surface area contributed by atoms with Crippen LogP contribution in [0.4, 0.5) is 4.79 Å². The second-order valence-electron chi connectivity index (χ2n) is 3.59. The Morgan fingerprint density at radius 2 is 1.79 bits per heavy atom. The number of rotatable bonds is 4. The first-order chi connectivity index (χ1) is 9.24. The van der Waals surface area contributed by atoms with Crippen molar-refractivity contribution < 1.29 is 9.53 Å². The fraction of sp³-hybridized carbons (Fsp3) is 0.